The molecule has 0 unspecified atom stereocenters. The second kappa shape index (κ2) is 7.50. The third-order valence-electron chi connectivity index (χ3n) is 1.17. The topological polar surface area (TPSA) is 47.6 Å². The summed E-state index contributed by atoms with van der Waals surface area (Å²) in [5, 5.41) is 2.93. The predicted molar refractivity (Wildman–Crippen MR) is 41.4 cm³/mol. The van der Waals surface area contributed by atoms with Gasteiger partial charge in [-0.25, -0.2) is 0 Å². The lowest BCUT2D eigenvalue weighted by molar-refractivity contribution is -0.141. The Balaban J connectivity index is 2.95. The molecule has 0 fully saturated rings. The molecule has 4 nitrogen and oxygen atoms in total. The first-order valence-electron chi connectivity index (χ1n) is 3.60. The Bertz CT molecular complexity index is 106. The summed E-state index contributed by atoms with van der Waals surface area (Å²) in [6.07, 6.45) is 0.334. The third kappa shape index (κ3) is 7.29. The van der Waals surface area contributed by atoms with Crippen molar-refractivity contribution < 1.29 is 14.3 Å². The highest BCUT2D eigenvalue weighted by Crippen LogP contribution is 1.84. The minimum absolute atomic E-state index is 0.227. The van der Waals surface area contributed by atoms with Gasteiger partial charge < -0.3 is 14.8 Å². The van der Waals surface area contributed by atoms with Crippen LogP contribution in [0.3, 0.4) is 0 Å². The molecule has 0 radical (unpaired) electrons. The average molecular weight is 161 g/mol. The fourth-order valence-corrected chi connectivity index (χ4v) is 0.534. The van der Waals surface area contributed by atoms with Crippen molar-refractivity contribution in [3.05, 3.63) is 0 Å². The maximum atomic E-state index is 10.5. The fraction of sp³-hybridized carbons (Fsp3) is 0.857. The second-order valence-electron chi connectivity index (χ2n) is 2.04. The van der Waals surface area contributed by atoms with Crippen LogP contribution in [0.4, 0.5) is 0 Å². The van der Waals surface area contributed by atoms with E-state index in [4.69, 9.17) is 4.74 Å². The van der Waals surface area contributed by atoms with Crippen LogP contribution in [0.2, 0.25) is 0 Å². The van der Waals surface area contributed by atoms with Crippen LogP contribution in [0.5, 0.6) is 0 Å². The molecule has 0 aromatic heterocycles. The number of carbonyl (C=O) groups is 1. The zero-order valence-corrected chi connectivity index (χ0v) is 7.05. The molecule has 0 rings (SSSR count). The number of hydrogen-bond donors (Lipinski definition) is 1. The molecule has 0 aromatic carbocycles. The molecule has 0 spiro atoms. The summed E-state index contributed by atoms with van der Waals surface area (Å²) in [6.45, 7) is 1.88. The maximum absolute atomic E-state index is 10.5. The molecule has 0 heterocycles. The summed E-state index contributed by atoms with van der Waals surface area (Å²) in [4.78, 5) is 10.5. The first kappa shape index (κ1) is 10.4. The zero-order chi connectivity index (χ0) is 8.53. The number of ether oxygens (including phenoxy) is 2. The zero-order valence-electron chi connectivity index (χ0n) is 7.05. The van der Waals surface area contributed by atoms with Gasteiger partial charge in [0.05, 0.1) is 26.7 Å². The van der Waals surface area contributed by atoms with Crippen molar-refractivity contribution in [1.82, 2.24) is 5.32 Å². The molecule has 0 saturated carbocycles. The van der Waals surface area contributed by atoms with Gasteiger partial charge in [-0.3, -0.25) is 4.79 Å². The van der Waals surface area contributed by atoms with E-state index >= 15 is 0 Å². The smallest absolute Gasteiger partial charge is 0.307 e. The largest absolute Gasteiger partial charge is 0.469 e. The van der Waals surface area contributed by atoms with Crippen LogP contribution in [0.25, 0.3) is 0 Å². The van der Waals surface area contributed by atoms with Gasteiger partial charge in [0.2, 0.25) is 0 Å². The van der Waals surface area contributed by atoms with E-state index in [-0.39, 0.29) is 5.97 Å². The van der Waals surface area contributed by atoms with Gasteiger partial charge in [-0.15, -0.1) is 0 Å². The molecule has 0 aliphatic heterocycles. The third-order valence-corrected chi connectivity index (χ3v) is 1.17. The van der Waals surface area contributed by atoms with Gasteiger partial charge in [0.15, 0.2) is 0 Å². The van der Waals surface area contributed by atoms with Crippen LogP contribution in [0.1, 0.15) is 6.42 Å². The van der Waals surface area contributed by atoms with Gasteiger partial charge in [0.1, 0.15) is 0 Å². The highest BCUT2D eigenvalue weighted by atomic mass is 16.5. The second-order valence-corrected chi connectivity index (χ2v) is 2.04. The van der Waals surface area contributed by atoms with Gasteiger partial charge in [0.25, 0.3) is 0 Å². The number of likely N-dealkylation sites (N-methyl/N-ethyl adjacent to an activating group) is 1. The van der Waals surface area contributed by atoms with Crippen LogP contribution < -0.4 is 5.32 Å². The van der Waals surface area contributed by atoms with Gasteiger partial charge >= 0.3 is 5.97 Å². The maximum Gasteiger partial charge on any atom is 0.307 e. The van der Waals surface area contributed by atoms with E-state index < -0.39 is 0 Å². The molecule has 0 amide bonds. The normalized spacial score (nSPS) is 9.64. The Labute approximate surface area is 66.9 Å². The average Bonchev–Trinajstić information content (AvgIpc) is 2.04. The highest BCUT2D eigenvalue weighted by molar-refractivity contribution is 5.69. The quantitative estimate of drug-likeness (QED) is 0.432. The molecule has 0 bridgehead atoms. The molecule has 0 aliphatic carbocycles. The summed E-state index contributed by atoms with van der Waals surface area (Å²) in [6, 6.07) is 0. The van der Waals surface area contributed by atoms with Gasteiger partial charge in [-0.2, -0.15) is 0 Å². The van der Waals surface area contributed by atoms with Gasteiger partial charge in [-0.1, -0.05) is 0 Å². The van der Waals surface area contributed by atoms with Crippen molar-refractivity contribution in [2.45, 2.75) is 6.42 Å². The summed E-state index contributed by atoms with van der Waals surface area (Å²) < 4.78 is 9.51. The number of nitrogens with one attached hydrogen (secondary N) is 1. The lowest BCUT2D eigenvalue weighted by atomic mass is 10.5. The Morgan fingerprint density at radius 3 is 2.73 bits per heavy atom. The summed E-state index contributed by atoms with van der Waals surface area (Å²) >= 11 is 0. The molecule has 1 N–H and O–H groups in total. The van der Waals surface area contributed by atoms with Crippen molar-refractivity contribution in [2.75, 3.05) is 33.9 Å². The molecule has 0 aliphatic rings. The molecular formula is C7H15NO3. The molecular weight excluding hydrogens is 146 g/mol. The number of hydrogen-bond acceptors (Lipinski definition) is 4. The summed E-state index contributed by atoms with van der Waals surface area (Å²) in [5.74, 6) is -0.227. The molecule has 0 atom stereocenters. The van der Waals surface area contributed by atoms with Crippen molar-refractivity contribution in [3.63, 3.8) is 0 Å². The van der Waals surface area contributed by atoms with Gasteiger partial charge in [-0.05, 0) is 7.05 Å². The monoisotopic (exact) mass is 161 g/mol. The van der Waals surface area contributed by atoms with Crippen LogP contribution in [0, 0.1) is 0 Å². The van der Waals surface area contributed by atoms with E-state index in [2.05, 4.69) is 10.1 Å². The SMILES string of the molecule is CNCCOCCC(=O)OC. The van der Waals surface area contributed by atoms with E-state index in [1.807, 2.05) is 7.05 Å². The van der Waals surface area contributed by atoms with E-state index in [0.717, 1.165) is 6.54 Å². The minimum Gasteiger partial charge on any atom is -0.469 e. The van der Waals surface area contributed by atoms with E-state index in [1.54, 1.807) is 0 Å². The standard InChI is InChI=1S/C7H15NO3/c1-8-4-6-11-5-3-7(9)10-2/h8H,3-6H2,1-2H3. The molecule has 4 heteroatoms. The fourth-order valence-electron chi connectivity index (χ4n) is 0.534. The van der Waals surface area contributed by atoms with E-state index in [1.165, 1.54) is 7.11 Å². The minimum atomic E-state index is -0.227. The molecule has 11 heavy (non-hydrogen) atoms. The van der Waals surface area contributed by atoms with Crippen molar-refractivity contribution in [2.24, 2.45) is 0 Å². The Hall–Kier alpha value is -0.610. The number of rotatable bonds is 6. The predicted octanol–water partition coefficient (Wildman–Crippen LogP) is -0.215. The van der Waals surface area contributed by atoms with Crippen molar-refractivity contribution in [1.29, 1.82) is 0 Å². The van der Waals surface area contributed by atoms with E-state index in [9.17, 15) is 4.79 Å². The van der Waals surface area contributed by atoms with Crippen LogP contribution in [0.15, 0.2) is 0 Å². The summed E-state index contributed by atoms with van der Waals surface area (Å²) in [5.41, 5.74) is 0. The first-order chi connectivity index (χ1) is 5.31. The highest BCUT2D eigenvalue weighted by Gasteiger charge is 1.97. The molecule has 0 saturated heterocycles. The number of methoxy groups -OCH3 is 1. The van der Waals surface area contributed by atoms with Crippen LogP contribution >= 0.6 is 0 Å². The van der Waals surface area contributed by atoms with Crippen molar-refractivity contribution in [3.8, 4) is 0 Å². The van der Waals surface area contributed by atoms with Crippen LogP contribution in [-0.4, -0.2) is 39.9 Å². The summed E-state index contributed by atoms with van der Waals surface area (Å²) in [7, 11) is 3.22. The van der Waals surface area contributed by atoms with Crippen molar-refractivity contribution >= 4 is 5.97 Å². The molecule has 0 aromatic rings. The lowest BCUT2D eigenvalue weighted by Crippen LogP contribution is -2.15. The number of esters is 1. The Morgan fingerprint density at radius 2 is 2.18 bits per heavy atom. The Kier molecular flexibility index (Phi) is 7.08. The van der Waals surface area contributed by atoms with Gasteiger partial charge in [0, 0.05) is 6.54 Å². The first-order valence-corrected chi connectivity index (χ1v) is 3.60. The van der Waals surface area contributed by atoms with Crippen LogP contribution in [-0.2, 0) is 14.3 Å². The number of carbonyl (C=O) groups excluding carboxylic acids is 1. The van der Waals surface area contributed by atoms with E-state index in [0.29, 0.717) is 19.6 Å². The molecule has 66 valence electrons. The Morgan fingerprint density at radius 1 is 1.45 bits per heavy atom. The lowest BCUT2D eigenvalue weighted by Gasteiger charge is -2.01.